The molecule has 0 aromatic heterocycles. The van der Waals surface area contributed by atoms with E-state index in [1.807, 2.05) is 23.1 Å². The molecule has 28 heavy (non-hydrogen) atoms. The van der Waals surface area contributed by atoms with Crippen molar-refractivity contribution in [1.29, 1.82) is 0 Å². The topological polar surface area (TPSA) is 89.1 Å². The number of nitrogens with zero attached hydrogens (tertiary/aromatic N) is 1. The quantitative estimate of drug-likeness (QED) is 0.786. The molecule has 0 radical (unpaired) electrons. The minimum absolute atomic E-state index is 0.0498. The monoisotopic (exact) mass is 385 g/mol. The molecule has 0 saturated heterocycles. The molecule has 1 aliphatic heterocycles. The van der Waals surface area contributed by atoms with Gasteiger partial charge in [0.25, 0.3) is 5.91 Å². The molecule has 0 aliphatic carbocycles. The van der Waals surface area contributed by atoms with Crippen LogP contribution in [0.25, 0.3) is 0 Å². The lowest BCUT2D eigenvalue weighted by molar-refractivity contribution is -0.127. The number of amides is 2. The number of hydrogen-bond donors (Lipinski definition) is 2. The van der Waals surface area contributed by atoms with E-state index in [4.69, 9.17) is 14.2 Å². The van der Waals surface area contributed by atoms with Crippen molar-refractivity contribution >= 4 is 23.2 Å². The highest BCUT2D eigenvalue weighted by molar-refractivity contribution is 5.96. The van der Waals surface area contributed by atoms with Crippen LogP contribution in [0.5, 0.6) is 17.2 Å². The molecule has 0 spiro atoms. The Balaban J connectivity index is 1.78. The molecule has 148 valence electrons. The fourth-order valence-electron chi connectivity index (χ4n) is 3.03. The van der Waals surface area contributed by atoms with E-state index in [1.165, 1.54) is 7.11 Å². The van der Waals surface area contributed by atoms with Crippen LogP contribution in [0, 0.1) is 0 Å². The van der Waals surface area contributed by atoms with Crippen LogP contribution in [-0.2, 0) is 9.59 Å². The SMILES string of the molecule is CNC(=O)[C@@H]1CN(CC(=O)Nc2cc(OC)ccc2OC)c2ccccc2O1. The molecule has 0 bridgehead atoms. The highest BCUT2D eigenvalue weighted by Gasteiger charge is 2.31. The number of carbonyl (C=O) groups excluding carboxylic acids is 2. The Morgan fingerprint density at radius 1 is 1.18 bits per heavy atom. The van der Waals surface area contributed by atoms with Gasteiger partial charge in [-0.3, -0.25) is 9.59 Å². The van der Waals surface area contributed by atoms with Gasteiger partial charge < -0.3 is 29.7 Å². The van der Waals surface area contributed by atoms with Gasteiger partial charge in [-0.05, 0) is 24.3 Å². The van der Waals surface area contributed by atoms with Gasteiger partial charge in [0, 0.05) is 13.1 Å². The molecule has 2 aromatic carbocycles. The van der Waals surface area contributed by atoms with Crippen LogP contribution in [0.4, 0.5) is 11.4 Å². The van der Waals surface area contributed by atoms with Crippen molar-refractivity contribution in [2.45, 2.75) is 6.10 Å². The maximum absolute atomic E-state index is 12.7. The van der Waals surface area contributed by atoms with Gasteiger partial charge in [0.1, 0.15) is 17.2 Å². The van der Waals surface area contributed by atoms with E-state index in [9.17, 15) is 9.59 Å². The van der Waals surface area contributed by atoms with Gasteiger partial charge in [0.05, 0.1) is 38.7 Å². The number of carbonyl (C=O) groups is 2. The van der Waals surface area contributed by atoms with E-state index in [2.05, 4.69) is 10.6 Å². The number of likely N-dealkylation sites (N-methyl/N-ethyl adjacent to an activating group) is 1. The van der Waals surface area contributed by atoms with Crippen molar-refractivity contribution in [3.8, 4) is 17.2 Å². The first-order valence-electron chi connectivity index (χ1n) is 8.79. The van der Waals surface area contributed by atoms with Crippen LogP contribution in [0.3, 0.4) is 0 Å². The predicted octanol–water partition coefficient (Wildman–Crippen LogP) is 1.66. The van der Waals surface area contributed by atoms with Gasteiger partial charge in [-0.2, -0.15) is 0 Å². The molecule has 8 heteroatoms. The van der Waals surface area contributed by atoms with Crippen molar-refractivity contribution in [3.63, 3.8) is 0 Å². The minimum atomic E-state index is -0.695. The summed E-state index contributed by atoms with van der Waals surface area (Å²) in [5.74, 6) is 1.20. The fourth-order valence-corrected chi connectivity index (χ4v) is 3.03. The van der Waals surface area contributed by atoms with Gasteiger partial charge >= 0.3 is 0 Å². The van der Waals surface area contributed by atoms with Crippen molar-refractivity contribution in [1.82, 2.24) is 5.32 Å². The van der Waals surface area contributed by atoms with Crippen molar-refractivity contribution in [2.24, 2.45) is 0 Å². The first-order chi connectivity index (χ1) is 13.5. The zero-order chi connectivity index (χ0) is 20.1. The number of rotatable bonds is 6. The summed E-state index contributed by atoms with van der Waals surface area (Å²) in [6, 6.07) is 12.5. The normalized spacial score (nSPS) is 15.1. The summed E-state index contributed by atoms with van der Waals surface area (Å²) in [4.78, 5) is 26.6. The number of anilines is 2. The van der Waals surface area contributed by atoms with Gasteiger partial charge in [0.2, 0.25) is 5.91 Å². The molecular formula is C20H23N3O5. The number of fused-ring (bicyclic) bond motifs is 1. The highest BCUT2D eigenvalue weighted by Crippen LogP contribution is 2.33. The van der Waals surface area contributed by atoms with Crippen molar-refractivity contribution in [2.75, 3.05) is 44.6 Å². The van der Waals surface area contributed by atoms with Crippen molar-refractivity contribution < 1.29 is 23.8 Å². The van der Waals surface area contributed by atoms with Crippen LogP contribution in [-0.4, -0.2) is 52.3 Å². The summed E-state index contributed by atoms with van der Waals surface area (Å²) in [6.45, 7) is 0.313. The molecule has 1 atom stereocenters. The summed E-state index contributed by atoms with van der Waals surface area (Å²) in [5, 5.41) is 5.43. The number of benzene rings is 2. The molecule has 2 aromatic rings. The second kappa shape index (κ2) is 8.51. The predicted molar refractivity (Wildman–Crippen MR) is 105 cm³/mol. The van der Waals surface area contributed by atoms with Crippen molar-refractivity contribution in [3.05, 3.63) is 42.5 Å². The second-order valence-electron chi connectivity index (χ2n) is 6.18. The van der Waals surface area contributed by atoms with Crippen LogP contribution in [0.15, 0.2) is 42.5 Å². The minimum Gasteiger partial charge on any atom is -0.497 e. The maximum Gasteiger partial charge on any atom is 0.262 e. The molecule has 0 unspecified atom stereocenters. The average molecular weight is 385 g/mol. The molecule has 8 nitrogen and oxygen atoms in total. The average Bonchev–Trinajstić information content (AvgIpc) is 2.72. The Kier molecular flexibility index (Phi) is 5.88. The van der Waals surface area contributed by atoms with E-state index in [0.29, 0.717) is 22.9 Å². The smallest absolute Gasteiger partial charge is 0.262 e. The second-order valence-corrected chi connectivity index (χ2v) is 6.18. The van der Waals surface area contributed by atoms with Gasteiger partial charge in [-0.25, -0.2) is 0 Å². The third kappa shape index (κ3) is 4.11. The van der Waals surface area contributed by atoms with E-state index >= 15 is 0 Å². The lowest BCUT2D eigenvalue weighted by Gasteiger charge is -2.35. The molecule has 0 saturated carbocycles. The molecule has 1 heterocycles. The van der Waals surface area contributed by atoms with Gasteiger partial charge in [-0.15, -0.1) is 0 Å². The van der Waals surface area contributed by atoms with Crippen LogP contribution >= 0.6 is 0 Å². The lowest BCUT2D eigenvalue weighted by atomic mass is 10.1. The first kappa shape index (κ1) is 19.3. The third-order valence-corrected chi connectivity index (χ3v) is 4.42. The van der Waals surface area contributed by atoms with E-state index in [-0.39, 0.29) is 24.9 Å². The first-order valence-corrected chi connectivity index (χ1v) is 8.79. The van der Waals surface area contributed by atoms with E-state index < -0.39 is 6.10 Å². The summed E-state index contributed by atoms with van der Waals surface area (Å²) >= 11 is 0. The number of hydrogen-bond acceptors (Lipinski definition) is 6. The zero-order valence-electron chi connectivity index (χ0n) is 16.0. The summed E-state index contributed by atoms with van der Waals surface area (Å²) < 4.78 is 16.3. The lowest BCUT2D eigenvalue weighted by Crippen LogP contribution is -2.50. The Labute approximate surface area is 163 Å². The number of para-hydroxylation sites is 2. The molecule has 2 N–H and O–H groups in total. The molecule has 0 fully saturated rings. The molecule has 3 rings (SSSR count). The summed E-state index contributed by atoms with van der Waals surface area (Å²) in [7, 11) is 4.64. The van der Waals surface area contributed by atoms with E-state index in [0.717, 1.165) is 5.69 Å². The number of nitrogens with one attached hydrogen (secondary N) is 2. The largest absolute Gasteiger partial charge is 0.497 e. The van der Waals surface area contributed by atoms with Crippen LogP contribution in [0.1, 0.15) is 0 Å². The summed E-state index contributed by atoms with van der Waals surface area (Å²) in [6.07, 6.45) is -0.695. The van der Waals surface area contributed by atoms with Crippen LogP contribution in [0.2, 0.25) is 0 Å². The molecule has 2 amide bonds. The Morgan fingerprint density at radius 3 is 2.68 bits per heavy atom. The standard InChI is InChI=1S/C20H23N3O5/c1-21-20(25)18-11-23(15-6-4-5-7-17(15)28-18)12-19(24)22-14-10-13(26-2)8-9-16(14)27-3/h4-10,18H,11-12H2,1-3H3,(H,21,25)(H,22,24)/t18-/m0/s1. The fraction of sp³-hybridized carbons (Fsp3) is 0.300. The highest BCUT2D eigenvalue weighted by atomic mass is 16.5. The van der Waals surface area contributed by atoms with Gasteiger partial charge in [0.15, 0.2) is 6.10 Å². The van der Waals surface area contributed by atoms with Crippen LogP contribution < -0.4 is 29.7 Å². The zero-order valence-corrected chi connectivity index (χ0v) is 16.0. The number of ether oxygens (including phenoxy) is 3. The maximum atomic E-state index is 12.7. The Bertz CT molecular complexity index is 871. The van der Waals surface area contributed by atoms with Gasteiger partial charge in [-0.1, -0.05) is 12.1 Å². The molecule has 1 aliphatic rings. The third-order valence-electron chi connectivity index (χ3n) is 4.42. The van der Waals surface area contributed by atoms with E-state index in [1.54, 1.807) is 38.4 Å². The number of methoxy groups -OCH3 is 2. The summed E-state index contributed by atoms with van der Waals surface area (Å²) in [5.41, 5.74) is 1.27. The Hall–Kier alpha value is -3.42. The Morgan fingerprint density at radius 2 is 1.96 bits per heavy atom. The molecular weight excluding hydrogens is 362 g/mol.